The summed E-state index contributed by atoms with van der Waals surface area (Å²) in [5, 5.41) is 8.73. The van der Waals surface area contributed by atoms with Gasteiger partial charge in [-0.25, -0.2) is 0 Å². The third-order valence-corrected chi connectivity index (χ3v) is 3.13. The molecular weight excluding hydrogens is 230 g/mol. The first kappa shape index (κ1) is 13.1. The number of piperidine rings is 1. The first-order chi connectivity index (χ1) is 8.69. The second-order valence-corrected chi connectivity index (χ2v) is 5.14. The molecular formula is C13H21N3O2. The van der Waals surface area contributed by atoms with E-state index in [1.165, 1.54) is 6.42 Å². The fraction of sp³-hybridized carbons (Fsp3) is 0.692. The van der Waals surface area contributed by atoms with Crippen LogP contribution in [0, 0.1) is 11.8 Å². The summed E-state index contributed by atoms with van der Waals surface area (Å²) in [5.74, 6) is 2.70. The van der Waals surface area contributed by atoms with Gasteiger partial charge in [0.2, 0.25) is 5.88 Å². The molecule has 2 rings (SSSR count). The standard InChI is InChI=1S/C13H21N3O2/c1-10-5-11(2)9-16(8-10)12-6-14-7-13(15-12)18-4-3-17/h6-7,10-11,17H,3-5,8-9H2,1-2H3. The van der Waals surface area contributed by atoms with Crippen molar-refractivity contribution in [2.24, 2.45) is 11.8 Å². The molecule has 2 atom stereocenters. The zero-order chi connectivity index (χ0) is 13.0. The fourth-order valence-corrected chi connectivity index (χ4v) is 2.56. The molecule has 1 aliphatic heterocycles. The van der Waals surface area contributed by atoms with E-state index in [0.717, 1.165) is 18.9 Å². The molecule has 5 nitrogen and oxygen atoms in total. The Labute approximate surface area is 108 Å². The Kier molecular flexibility index (Phi) is 4.36. The number of hydrogen-bond acceptors (Lipinski definition) is 5. The smallest absolute Gasteiger partial charge is 0.234 e. The number of aliphatic hydroxyl groups excluding tert-OH is 1. The molecule has 0 saturated carbocycles. The minimum atomic E-state index is -0.0102. The van der Waals surface area contributed by atoms with E-state index in [-0.39, 0.29) is 13.2 Å². The molecule has 2 heterocycles. The van der Waals surface area contributed by atoms with Crippen molar-refractivity contribution in [2.45, 2.75) is 20.3 Å². The molecule has 1 aromatic rings. The summed E-state index contributed by atoms with van der Waals surface area (Å²) in [6.45, 7) is 6.81. The van der Waals surface area contributed by atoms with Gasteiger partial charge in [-0.3, -0.25) is 4.98 Å². The van der Waals surface area contributed by atoms with Crippen LogP contribution in [0.3, 0.4) is 0 Å². The van der Waals surface area contributed by atoms with Crippen molar-refractivity contribution in [3.05, 3.63) is 12.4 Å². The van der Waals surface area contributed by atoms with Gasteiger partial charge in [0.1, 0.15) is 6.61 Å². The van der Waals surface area contributed by atoms with Gasteiger partial charge in [-0.1, -0.05) is 13.8 Å². The van der Waals surface area contributed by atoms with Crippen molar-refractivity contribution in [3.8, 4) is 5.88 Å². The Bertz CT molecular complexity index is 376. The van der Waals surface area contributed by atoms with Crippen LogP contribution in [0.2, 0.25) is 0 Å². The summed E-state index contributed by atoms with van der Waals surface area (Å²) < 4.78 is 5.29. The normalized spacial score (nSPS) is 24.1. The summed E-state index contributed by atoms with van der Waals surface area (Å²) >= 11 is 0. The molecule has 5 heteroatoms. The number of nitrogens with zero attached hydrogens (tertiary/aromatic N) is 3. The second-order valence-electron chi connectivity index (χ2n) is 5.14. The van der Waals surface area contributed by atoms with Gasteiger partial charge in [0, 0.05) is 13.1 Å². The van der Waals surface area contributed by atoms with Gasteiger partial charge >= 0.3 is 0 Å². The molecule has 18 heavy (non-hydrogen) atoms. The summed E-state index contributed by atoms with van der Waals surface area (Å²) in [7, 11) is 0. The highest BCUT2D eigenvalue weighted by molar-refractivity contribution is 5.38. The maximum absolute atomic E-state index is 8.73. The van der Waals surface area contributed by atoms with Gasteiger partial charge in [0.25, 0.3) is 0 Å². The molecule has 1 fully saturated rings. The Morgan fingerprint density at radius 1 is 1.33 bits per heavy atom. The summed E-state index contributed by atoms with van der Waals surface area (Å²) in [4.78, 5) is 10.8. The predicted octanol–water partition coefficient (Wildman–Crippen LogP) is 1.33. The Morgan fingerprint density at radius 2 is 2.06 bits per heavy atom. The number of rotatable bonds is 4. The van der Waals surface area contributed by atoms with Crippen molar-refractivity contribution in [1.29, 1.82) is 0 Å². The molecule has 0 spiro atoms. The van der Waals surface area contributed by atoms with Crippen LogP contribution >= 0.6 is 0 Å². The monoisotopic (exact) mass is 251 g/mol. The van der Waals surface area contributed by atoms with E-state index < -0.39 is 0 Å². The van der Waals surface area contributed by atoms with Crippen LogP contribution < -0.4 is 9.64 Å². The number of anilines is 1. The number of aromatic nitrogens is 2. The van der Waals surface area contributed by atoms with Crippen LogP contribution in [0.5, 0.6) is 5.88 Å². The third kappa shape index (κ3) is 3.32. The van der Waals surface area contributed by atoms with Gasteiger partial charge in [-0.15, -0.1) is 0 Å². The third-order valence-electron chi connectivity index (χ3n) is 3.13. The molecule has 1 N–H and O–H groups in total. The van der Waals surface area contributed by atoms with Crippen LogP contribution in [0.4, 0.5) is 5.82 Å². The second kappa shape index (κ2) is 6.00. The maximum atomic E-state index is 8.73. The van der Waals surface area contributed by atoms with E-state index >= 15 is 0 Å². The van der Waals surface area contributed by atoms with Crippen molar-refractivity contribution < 1.29 is 9.84 Å². The largest absolute Gasteiger partial charge is 0.474 e. The predicted molar refractivity (Wildman–Crippen MR) is 69.8 cm³/mol. The topological polar surface area (TPSA) is 58.5 Å². The first-order valence-corrected chi connectivity index (χ1v) is 6.49. The Hall–Kier alpha value is -1.36. The minimum absolute atomic E-state index is 0.0102. The lowest BCUT2D eigenvalue weighted by Crippen LogP contribution is -2.39. The zero-order valence-corrected chi connectivity index (χ0v) is 11.0. The summed E-state index contributed by atoms with van der Waals surface area (Å²) in [6.07, 6.45) is 4.62. The average Bonchev–Trinajstić information content (AvgIpc) is 2.35. The molecule has 2 unspecified atom stereocenters. The minimum Gasteiger partial charge on any atom is -0.474 e. The summed E-state index contributed by atoms with van der Waals surface area (Å²) in [6, 6.07) is 0. The van der Waals surface area contributed by atoms with Crippen molar-refractivity contribution in [3.63, 3.8) is 0 Å². The van der Waals surface area contributed by atoms with E-state index in [1.807, 2.05) is 0 Å². The molecule has 0 aliphatic carbocycles. The van der Waals surface area contributed by atoms with Crippen LogP contribution in [-0.2, 0) is 0 Å². The molecule has 0 radical (unpaired) electrons. The van der Waals surface area contributed by atoms with Gasteiger partial charge in [0.15, 0.2) is 5.82 Å². The SMILES string of the molecule is CC1CC(C)CN(c2cncc(OCCO)n2)C1. The molecule has 100 valence electrons. The van der Waals surface area contributed by atoms with Gasteiger partial charge in [0.05, 0.1) is 19.0 Å². The van der Waals surface area contributed by atoms with E-state index in [9.17, 15) is 0 Å². The molecule has 1 aliphatic rings. The van der Waals surface area contributed by atoms with Crippen LogP contribution in [0.15, 0.2) is 12.4 Å². The first-order valence-electron chi connectivity index (χ1n) is 6.49. The van der Waals surface area contributed by atoms with E-state index in [4.69, 9.17) is 9.84 Å². The van der Waals surface area contributed by atoms with Crippen LogP contribution in [0.1, 0.15) is 20.3 Å². The lowest BCUT2D eigenvalue weighted by molar-refractivity contribution is 0.196. The van der Waals surface area contributed by atoms with Crippen LogP contribution in [-0.4, -0.2) is 41.4 Å². The number of aliphatic hydroxyl groups is 1. The number of ether oxygens (including phenoxy) is 1. The molecule has 1 aromatic heterocycles. The van der Waals surface area contributed by atoms with Crippen molar-refractivity contribution >= 4 is 5.82 Å². The quantitative estimate of drug-likeness (QED) is 0.875. The van der Waals surface area contributed by atoms with Gasteiger partial charge < -0.3 is 14.7 Å². The summed E-state index contributed by atoms with van der Waals surface area (Å²) in [5.41, 5.74) is 0. The lowest BCUT2D eigenvalue weighted by Gasteiger charge is -2.35. The van der Waals surface area contributed by atoms with Crippen molar-refractivity contribution in [1.82, 2.24) is 9.97 Å². The van der Waals surface area contributed by atoms with Gasteiger partial charge in [-0.05, 0) is 18.3 Å². The van der Waals surface area contributed by atoms with Crippen LogP contribution in [0.25, 0.3) is 0 Å². The Balaban J connectivity index is 2.07. The average molecular weight is 251 g/mol. The van der Waals surface area contributed by atoms with E-state index in [0.29, 0.717) is 17.7 Å². The molecule has 0 amide bonds. The highest BCUT2D eigenvalue weighted by atomic mass is 16.5. The molecule has 0 bridgehead atoms. The highest BCUT2D eigenvalue weighted by Gasteiger charge is 2.23. The maximum Gasteiger partial charge on any atom is 0.234 e. The van der Waals surface area contributed by atoms with Gasteiger partial charge in [-0.2, -0.15) is 4.98 Å². The van der Waals surface area contributed by atoms with E-state index in [2.05, 4.69) is 28.7 Å². The Morgan fingerprint density at radius 3 is 2.72 bits per heavy atom. The van der Waals surface area contributed by atoms with E-state index in [1.54, 1.807) is 12.4 Å². The lowest BCUT2D eigenvalue weighted by atomic mass is 9.92. The van der Waals surface area contributed by atoms with Crippen molar-refractivity contribution in [2.75, 3.05) is 31.2 Å². The number of hydrogen-bond donors (Lipinski definition) is 1. The molecule has 0 aromatic carbocycles. The zero-order valence-electron chi connectivity index (χ0n) is 11.0. The fourth-order valence-electron chi connectivity index (χ4n) is 2.56. The highest BCUT2D eigenvalue weighted by Crippen LogP contribution is 2.25. The molecule has 1 saturated heterocycles.